The fourth-order valence-electron chi connectivity index (χ4n) is 3.81. The van der Waals surface area contributed by atoms with Crippen LogP contribution in [0.4, 0.5) is 18.9 Å². The van der Waals surface area contributed by atoms with Crippen molar-refractivity contribution in [3.63, 3.8) is 0 Å². The highest BCUT2D eigenvalue weighted by atomic mass is 19.4. The molecule has 3 heterocycles. The monoisotopic (exact) mass is 457 g/mol. The molecule has 1 aliphatic rings. The Morgan fingerprint density at radius 3 is 2.33 bits per heavy atom. The zero-order valence-corrected chi connectivity index (χ0v) is 17.8. The van der Waals surface area contributed by atoms with Crippen molar-refractivity contribution in [1.82, 2.24) is 19.7 Å². The highest BCUT2D eigenvalue weighted by Crippen LogP contribution is 2.29. The molecule has 1 aliphatic heterocycles. The minimum atomic E-state index is -4.48. The van der Waals surface area contributed by atoms with E-state index >= 15 is 0 Å². The van der Waals surface area contributed by atoms with Gasteiger partial charge in [-0.05, 0) is 44.0 Å². The number of nitrogens with one attached hydrogen (secondary N) is 1. The van der Waals surface area contributed by atoms with Crippen molar-refractivity contribution in [2.24, 2.45) is 5.92 Å². The van der Waals surface area contributed by atoms with Crippen molar-refractivity contribution in [3.05, 3.63) is 71.7 Å². The van der Waals surface area contributed by atoms with Crippen molar-refractivity contribution in [2.45, 2.75) is 25.9 Å². The number of likely N-dealkylation sites (tertiary alicyclic amines) is 1. The molecule has 0 radical (unpaired) electrons. The van der Waals surface area contributed by atoms with E-state index in [1.807, 2.05) is 30.3 Å². The Bertz CT molecular complexity index is 1140. The molecule has 3 aromatic rings. The number of carbonyl (C=O) groups is 2. The zero-order chi connectivity index (χ0) is 23.6. The first-order valence-corrected chi connectivity index (χ1v) is 10.5. The maximum Gasteiger partial charge on any atom is 0.417 e. The van der Waals surface area contributed by atoms with Gasteiger partial charge in [-0.2, -0.15) is 18.3 Å². The van der Waals surface area contributed by atoms with E-state index < -0.39 is 11.7 Å². The maximum atomic E-state index is 13.0. The number of benzene rings is 1. The lowest BCUT2D eigenvalue weighted by atomic mass is 9.95. The Kier molecular flexibility index (Phi) is 6.17. The lowest BCUT2D eigenvalue weighted by Gasteiger charge is -2.31. The van der Waals surface area contributed by atoms with Gasteiger partial charge in [-0.25, -0.2) is 9.67 Å². The summed E-state index contributed by atoms with van der Waals surface area (Å²) in [4.78, 5) is 31.0. The summed E-state index contributed by atoms with van der Waals surface area (Å²) in [6.07, 6.45) is -1.26. The molecule has 0 atom stereocenters. The molecule has 1 N–H and O–H groups in total. The van der Waals surface area contributed by atoms with Crippen LogP contribution in [0.15, 0.2) is 54.9 Å². The van der Waals surface area contributed by atoms with Gasteiger partial charge in [0, 0.05) is 30.9 Å². The maximum absolute atomic E-state index is 13.0. The number of aromatic nitrogens is 3. The van der Waals surface area contributed by atoms with Crippen LogP contribution in [0, 0.1) is 12.8 Å². The number of rotatable bonds is 4. The Balaban J connectivity index is 1.39. The number of piperidine rings is 1. The highest BCUT2D eigenvalue weighted by molar-refractivity contribution is 5.96. The average molecular weight is 457 g/mol. The summed E-state index contributed by atoms with van der Waals surface area (Å²) in [5.74, 6) is -0.288. The lowest BCUT2D eigenvalue weighted by molar-refractivity contribution is -0.137. The summed E-state index contributed by atoms with van der Waals surface area (Å²) < 4.78 is 39.6. The van der Waals surface area contributed by atoms with Gasteiger partial charge in [0.05, 0.1) is 23.0 Å². The molecule has 172 valence electrons. The van der Waals surface area contributed by atoms with Crippen LogP contribution < -0.4 is 5.32 Å². The number of anilines is 1. The molecular formula is C23H22F3N5O2. The number of carbonyl (C=O) groups excluding carboxylic acids is 2. The SMILES string of the molecule is Cc1c(C(=O)N2CCC(C(=O)Nc3ccccc3)CC2)cnn1-c1ccc(C(F)(F)F)cn1. The third-order valence-corrected chi connectivity index (χ3v) is 5.73. The number of nitrogens with zero attached hydrogens (tertiary/aromatic N) is 4. The van der Waals surface area contributed by atoms with E-state index in [-0.39, 0.29) is 23.6 Å². The normalized spacial score (nSPS) is 14.8. The Morgan fingerprint density at radius 2 is 1.73 bits per heavy atom. The largest absolute Gasteiger partial charge is 0.417 e. The van der Waals surface area contributed by atoms with Crippen molar-refractivity contribution >= 4 is 17.5 Å². The molecule has 0 unspecified atom stereocenters. The summed E-state index contributed by atoms with van der Waals surface area (Å²) in [5, 5.41) is 7.04. The first-order valence-electron chi connectivity index (χ1n) is 10.5. The third kappa shape index (κ3) is 4.89. The van der Waals surface area contributed by atoms with E-state index in [0.717, 1.165) is 18.0 Å². The molecule has 7 nitrogen and oxygen atoms in total. The van der Waals surface area contributed by atoms with Crippen molar-refractivity contribution in [2.75, 3.05) is 18.4 Å². The Morgan fingerprint density at radius 1 is 1.03 bits per heavy atom. The number of amides is 2. The molecule has 0 bridgehead atoms. The number of hydrogen-bond acceptors (Lipinski definition) is 4. The molecule has 1 saturated heterocycles. The van der Waals surface area contributed by atoms with E-state index in [1.165, 1.54) is 16.9 Å². The minimum absolute atomic E-state index is 0.0642. The van der Waals surface area contributed by atoms with E-state index in [4.69, 9.17) is 0 Å². The molecule has 10 heteroatoms. The predicted octanol–water partition coefficient (Wildman–Crippen LogP) is 4.09. The number of hydrogen-bond donors (Lipinski definition) is 1. The van der Waals surface area contributed by atoms with Crippen LogP contribution in [-0.2, 0) is 11.0 Å². The predicted molar refractivity (Wildman–Crippen MR) is 115 cm³/mol. The molecular weight excluding hydrogens is 435 g/mol. The fourth-order valence-corrected chi connectivity index (χ4v) is 3.81. The van der Waals surface area contributed by atoms with Gasteiger partial charge in [-0.1, -0.05) is 18.2 Å². The summed E-state index contributed by atoms with van der Waals surface area (Å²) in [7, 11) is 0. The number of para-hydroxylation sites is 1. The van der Waals surface area contributed by atoms with E-state index in [9.17, 15) is 22.8 Å². The topological polar surface area (TPSA) is 80.1 Å². The van der Waals surface area contributed by atoms with Crippen LogP contribution in [-0.4, -0.2) is 44.6 Å². The fraction of sp³-hybridized carbons (Fsp3) is 0.304. The van der Waals surface area contributed by atoms with Crippen molar-refractivity contribution in [3.8, 4) is 5.82 Å². The molecule has 4 rings (SSSR count). The average Bonchev–Trinajstić information content (AvgIpc) is 3.20. The van der Waals surface area contributed by atoms with Crippen LogP contribution in [0.5, 0.6) is 0 Å². The van der Waals surface area contributed by atoms with Gasteiger partial charge in [0.2, 0.25) is 5.91 Å². The van der Waals surface area contributed by atoms with E-state index in [1.54, 1.807) is 11.8 Å². The van der Waals surface area contributed by atoms with Crippen molar-refractivity contribution < 1.29 is 22.8 Å². The number of halogens is 3. The first kappa shape index (κ1) is 22.5. The van der Waals surface area contributed by atoms with Gasteiger partial charge in [0.25, 0.3) is 5.91 Å². The van der Waals surface area contributed by atoms with Crippen LogP contribution in [0.1, 0.15) is 34.5 Å². The number of alkyl halides is 3. The van der Waals surface area contributed by atoms with E-state index in [2.05, 4.69) is 15.4 Å². The van der Waals surface area contributed by atoms with Crippen LogP contribution >= 0.6 is 0 Å². The summed E-state index contributed by atoms with van der Waals surface area (Å²) >= 11 is 0. The third-order valence-electron chi connectivity index (χ3n) is 5.73. The number of pyridine rings is 1. The van der Waals surface area contributed by atoms with Gasteiger partial charge in [-0.15, -0.1) is 0 Å². The molecule has 0 spiro atoms. The molecule has 1 aromatic carbocycles. The minimum Gasteiger partial charge on any atom is -0.338 e. The van der Waals surface area contributed by atoms with Gasteiger partial charge in [0.15, 0.2) is 5.82 Å². The van der Waals surface area contributed by atoms with Crippen LogP contribution in [0.3, 0.4) is 0 Å². The molecule has 33 heavy (non-hydrogen) atoms. The second kappa shape index (κ2) is 9.05. The van der Waals surface area contributed by atoms with Crippen LogP contribution in [0.25, 0.3) is 5.82 Å². The Hall–Kier alpha value is -3.69. The molecule has 2 amide bonds. The second-order valence-corrected chi connectivity index (χ2v) is 7.88. The standard InChI is InChI=1S/C23H22F3N5O2/c1-15-19(14-28-31(15)20-8-7-17(13-27-20)23(24,25)26)22(33)30-11-9-16(10-12-30)21(32)29-18-5-3-2-4-6-18/h2-8,13-14,16H,9-12H2,1H3,(H,29,32). The smallest absolute Gasteiger partial charge is 0.338 e. The zero-order valence-electron chi connectivity index (χ0n) is 17.8. The lowest BCUT2D eigenvalue weighted by Crippen LogP contribution is -2.41. The molecule has 0 saturated carbocycles. The first-order chi connectivity index (χ1) is 15.7. The second-order valence-electron chi connectivity index (χ2n) is 7.88. The quantitative estimate of drug-likeness (QED) is 0.640. The van der Waals surface area contributed by atoms with Gasteiger partial charge in [-0.3, -0.25) is 9.59 Å². The summed E-state index contributed by atoms with van der Waals surface area (Å²) in [5.41, 5.74) is 0.715. The van der Waals surface area contributed by atoms with Gasteiger partial charge < -0.3 is 10.2 Å². The van der Waals surface area contributed by atoms with Gasteiger partial charge >= 0.3 is 6.18 Å². The van der Waals surface area contributed by atoms with Gasteiger partial charge in [0.1, 0.15) is 0 Å². The van der Waals surface area contributed by atoms with Crippen molar-refractivity contribution in [1.29, 1.82) is 0 Å². The molecule has 1 fully saturated rings. The summed E-state index contributed by atoms with van der Waals surface area (Å²) in [6, 6.07) is 11.4. The highest BCUT2D eigenvalue weighted by Gasteiger charge is 2.31. The Labute approximate surface area is 188 Å². The summed E-state index contributed by atoms with van der Waals surface area (Å²) in [6.45, 7) is 2.52. The molecule has 0 aliphatic carbocycles. The van der Waals surface area contributed by atoms with E-state index in [0.29, 0.717) is 37.2 Å². The van der Waals surface area contributed by atoms with Crippen LogP contribution in [0.2, 0.25) is 0 Å². The molecule has 2 aromatic heterocycles.